The molecule has 0 aliphatic heterocycles. The molecule has 1 atom stereocenters. The first-order valence-electron chi connectivity index (χ1n) is 4.70. The second-order valence-corrected chi connectivity index (χ2v) is 3.81. The van der Waals surface area contributed by atoms with Gasteiger partial charge in [-0.15, -0.1) is 0 Å². The summed E-state index contributed by atoms with van der Waals surface area (Å²) in [6.07, 6.45) is 4.84. The van der Waals surface area contributed by atoms with E-state index in [-0.39, 0.29) is 5.60 Å². The van der Waals surface area contributed by atoms with Gasteiger partial charge in [-0.2, -0.15) is 0 Å². The highest BCUT2D eigenvalue weighted by molar-refractivity contribution is 5.79. The van der Waals surface area contributed by atoms with Crippen LogP contribution in [0.3, 0.4) is 0 Å². The van der Waals surface area contributed by atoms with Crippen LogP contribution in [0.1, 0.15) is 32.1 Å². The Labute approximate surface area is 78.6 Å². The van der Waals surface area contributed by atoms with Crippen LogP contribution >= 0.6 is 0 Å². The van der Waals surface area contributed by atoms with E-state index in [4.69, 9.17) is 16.2 Å². The lowest BCUT2D eigenvalue weighted by Gasteiger charge is -2.29. The zero-order valence-electron chi connectivity index (χ0n) is 8.08. The van der Waals surface area contributed by atoms with Gasteiger partial charge in [-0.3, -0.25) is 4.79 Å². The van der Waals surface area contributed by atoms with Gasteiger partial charge in [0.1, 0.15) is 0 Å². The molecule has 1 fully saturated rings. The summed E-state index contributed by atoms with van der Waals surface area (Å²) in [5, 5.41) is 0. The summed E-state index contributed by atoms with van der Waals surface area (Å²) in [7, 11) is 1.68. The summed E-state index contributed by atoms with van der Waals surface area (Å²) < 4.78 is 5.43. The van der Waals surface area contributed by atoms with E-state index in [1.54, 1.807) is 7.11 Å². The number of amides is 1. The smallest absolute Gasteiger partial charge is 0.234 e. The van der Waals surface area contributed by atoms with Gasteiger partial charge in [-0.25, -0.2) is 0 Å². The summed E-state index contributed by atoms with van der Waals surface area (Å²) in [4.78, 5) is 10.8. The number of methoxy groups -OCH3 is 1. The molecule has 1 rings (SSSR count). The lowest BCUT2D eigenvalue weighted by atomic mass is 9.93. The monoisotopic (exact) mass is 186 g/mol. The Morgan fingerprint density at radius 2 is 2.08 bits per heavy atom. The fourth-order valence-electron chi connectivity index (χ4n) is 2.01. The molecule has 13 heavy (non-hydrogen) atoms. The second kappa shape index (κ2) is 4.07. The molecular formula is C9H18N2O2. The van der Waals surface area contributed by atoms with Crippen molar-refractivity contribution in [2.45, 2.75) is 43.7 Å². The molecular weight excluding hydrogens is 168 g/mol. The van der Waals surface area contributed by atoms with Gasteiger partial charge in [0, 0.05) is 13.5 Å². The fourth-order valence-corrected chi connectivity index (χ4v) is 2.01. The maximum atomic E-state index is 10.8. The molecule has 0 aromatic heterocycles. The number of hydrogen-bond donors (Lipinski definition) is 2. The number of ether oxygens (including phenoxy) is 1. The van der Waals surface area contributed by atoms with Gasteiger partial charge in [-0.05, 0) is 12.8 Å². The molecule has 4 N–H and O–H groups in total. The number of carbonyl (C=O) groups is 1. The molecule has 1 unspecified atom stereocenters. The van der Waals surface area contributed by atoms with E-state index in [2.05, 4.69) is 0 Å². The summed E-state index contributed by atoms with van der Waals surface area (Å²) in [6, 6.07) is -0.571. The van der Waals surface area contributed by atoms with Crippen LogP contribution in [0, 0.1) is 0 Å². The van der Waals surface area contributed by atoms with Crippen LogP contribution < -0.4 is 11.5 Å². The number of nitrogens with two attached hydrogens (primary N) is 2. The quantitative estimate of drug-likeness (QED) is 0.656. The molecule has 76 valence electrons. The van der Waals surface area contributed by atoms with E-state index >= 15 is 0 Å². The zero-order valence-corrected chi connectivity index (χ0v) is 8.08. The van der Waals surface area contributed by atoms with E-state index in [1.165, 1.54) is 0 Å². The Morgan fingerprint density at radius 1 is 1.54 bits per heavy atom. The van der Waals surface area contributed by atoms with E-state index in [1.807, 2.05) is 0 Å². The van der Waals surface area contributed by atoms with Crippen LogP contribution in [0.15, 0.2) is 0 Å². The van der Waals surface area contributed by atoms with Crippen molar-refractivity contribution in [1.82, 2.24) is 0 Å². The van der Waals surface area contributed by atoms with Crippen molar-refractivity contribution in [3.63, 3.8) is 0 Å². The van der Waals surface area contributed by atoms with E-state index in [0.717, 1.165) is 25.7 Å². The predicted octanol–water partition coefficient (Wildman–Crippen LogP) is 0.148. The van der Waals surface area contributed by atoms with Crippen LogP contribution in [0.4, 0.5) is 0 Å². The normalized spacial score (nSPS) is 22.9. The van der Waals surface area contributed by atoms with E-state index in [0.29, 0.717) is 6.42 Å². The number of hydrogen-bond acceptors (Lipinski definition) is 3. The largest absolute Gasteiger partial charge is 0.378 e. The van der Waals surface area contributed by atoms with Crippen molar-refractivity contribution in [3.8, 4) is 0 Å². The van der Waals surface area contributed by atoms with Crippen molar-refractivity contribution < 1.29 is 9.53 Å². The third-order valence-corrected chi connectivity index (χ3v) is 2.91. The Balaban J connectivity index is 2.52. The van der Waals surface area contributed by atoms with Gasteiger partial charge in [0.2, 0.25) is 5.91 Å². The van der Waals surface area contributed by atoms with Crippen LogP contribution in [0.25, 0.3) is 0 Å². The Bertz CT molecular complexity index is 188. The summed E-state index contributed by atoms with van der Waals surface area (Å²) in [6.45, 7) is 0. The van der Waals surface area contributed by atoms with Gasteiger partial charge in [0.25, 0.3) is 0 Å². The van der Waals surface area contributed by atoms with E-state index < -0.39 is 11.9 Å². The summed E-state index contributed by atoms with van der Waals surface area (Å²) in [5.74, 6) is -0.441. The number of carbonyl (C=O) groups excluding carboxylic acids is 1. The first-order chi connectivity index (χ1) is 6.09. The maximum absolute atomic E-state index is 10.8. The Morgan fingerprint density at radius 3 is 2.46 bits per heavy atom. The molecule has 1 aliphatic carbocycles. The fraction of sp³-hybridized carbons (Fsp3) is 0.889. The first-order valence-corrected chi connectivity index (χ1v) is 4.70. The van der Waals surface area contributed by atoms with Crippen molar-refractivity contribution in [2.75, 3.05) is 7.11 Å². The molecule has 0 saturated heterocycles. The standard InChI is InChI=1S/C9H18N2O2/c1-13-9(4-2-3-5-9)6-7(10)8(11)12/h7H,2-6,10H2,1H3,(H2,11,12). The Kier molecular flexibility index (Phi) is 3.27. The number of rotatable bonds is 4. The topological polar surface area (TPSA) is 78.3 Å². The maximum Gasteiger partial charge on any atom is 0.234 e. The molecule has 0 bridgehead atoms. The van der Waals surface area contributed by atoms with Crippen molar-refractivity contribution >= 4 is 5.91 Å². The van der Waals surface area contributed by atoms with Crippen molar-refractivity contribution in [2.24, 2.45) is 11.5 Å². The average molecular weight is 186 g/mol. The minimum atomic E-state index is -0.571. The molecule has 1 aliphatic rings. The highest BCUT2D eigenvalue weighted by atomic mass is 16.5. The van der Waals surface area contributed by atoms with Crippen LogP contribution in [0.2, 0.25) is 0 Å². The lowest BCUT2D eigenvalue weighted by Crippen LogP contribution is -2.44. The number of primary amides is 1. The molecule has 4 nitrogen and oxygen atoms in total. The molecule has 0 radical (unpaired) electrons. The first kappa shape index (κ1) is 10.5. The van der Waals surface area contributed by atoms with Gasteiger partial charge >= 0.3 is 0 Å². The summed E-state index contributed by atoms with van der Waals surface area (Å²) in [5.41, 5.74) is 10.5. The molecule has 0 spiro atoms. The molecule has 4 heteroatoms. The van der Waals surface area contributed by atoms with Gasteiger partial charge < -0.3 is 16.2 Å². The molecule has 1 saturated carbocycles. The third-order valence-electron chi connectivity index (χ3n) is 2.91. The van der Waals surface area contributed by atoms with Crippen LogP contribution in [0.5, 0.6) is 0 Å². The summed E-state index contributed by atoms with van der Waals surface area (Å²) >= 11 is 0. The van der Waals surface area contributed by atoms with Gasteiger partial charge in [0.05, 0.1) is 11.6 Å². The highest BCUT2D eigenvalue weighted by Gasteiger charge is 2.36. The molecule has 1 amide bonds. The minimum absolute atomic E-state index is 0.186. The van der Waals surface area contributed by atoms with Crippen molar-refractivity contribution in [1.29, 1.82) is 0 Å². The van der Waals surface area contributed by atoms with Crippen LogP contribution in [-0.4, -0.2) is 24.7 Å². The van der Waals surface area contributed by atoms with Gasteiger partial charge in [-0.1, -0.05) is 12.8 Å². The van der Waals surface area contributed by atoms with Crippen LogP contribution in [-0.2, 0) is 9.53 Å². The molecule has 0 aromatic rings. The Hall–Kier alpha value is -0.610. The van der Waals surface area contributed by atoms with Crippen molar-refractivity contribution in [3.05, 3.63) is 0 Å². The second-order valence-electron chi connectivity index (χ2n) is 3.81. The predicted molar refractivity (Wildman–Crippen MR) is 50.0 cm³/mol. The zero-order chi connectivity index (χ0) is 9.90. The highest BCUT2D eigenvalue weighted by Crippen LogP contribution is 2.36. The molecule has 0 aromatic carbocycles. The minimum Gasteiger partial charge on any atom is -0.378 e. The SMILES string of the molecule is COC1(CC(N)C(N)=O)CCCC1. The van der Waals surface area contributed by atoms with E-state index in [9.17, 15) is 4.79 Å². The average Bonchev–Trinajstić information content (AvgIpc) is 2.54. The van der Waals surface area contributed by atoms with Gasteiger partial charge in [0.15, 0.2) is 0 Å². The third kappa shape index (κ3) is 2.42. The molecule has 0 heterocycles. The lowest BCUT2D eigenvalue weighted by molar-refractivity contribution is -0.121.